The van der Waals surface area contributed by atoms with Crippen molar-refractivity contribution >= 4 is 16.9 Å². The van der Waals surface area contributed by atoms with Crippen molar-refractivity contribution in [2.75, 3.05) is 5.75 Å². The molecule has 1 unspecified atom stereocenters. The molecule has 1 rings (SSSR count). The third-order valence-corrected chi connectivity index (χ3v) is 3.96. The highest BCUT2D eigenvalue weighted by Crippen LogP contribution is 2.46. The molecule has 1 atom stereocenters. The topological polar surface area (TPSA) is 17.1 Å². The Hall–Kier alpha value is -1.32. The maximum Gasteiger partial charge on any atom is 0.425 e. The molecule has 0 amide bonds. The molecule has 0 aliphatic rings. The summed E-state index contributed by atoms with van der Waals surface area (Å²) in [7, 11) is 0. The SMILES string of the molecule is O=C(SCCCC(F)(F)C(F)(F)C(F)C(F)(F)F)c1ccccc1. The Morgan fingerprint density at radius 1 is 1.00 bits per heavy atom. The van der Waals surface area contributed by atoms with E-state index in [2.05, 4.69) is 0 Å². The van der Waals surface area contributed by atoms with Gasteiger partial charge in [-0.2, -0.15) is 30.7 Å². The molecule has 0 heterocycles. The summed E-state index contributed by atoms with van der Waals surface area (Å²) in [6, 6.07) is 7.66. The fraction of sp³-hybridized carbons (Fsp3) is 0.500. The number of carbonyl (C=O) groups excluding carboxylic acids is 1. The molecule has 0 fully saturated rings. The molecule has 1 nitrogen and oxygen atoms in total. The molecule has 0 aliphatic carbocycles. The monoisotopic (exact) mass is 380 g/mol. The van der Waals surface area contributed by atoms with E-state index in [1.54, 1.807) is 18.2 Å². The van der Waals surface area contributed by atoms with Crippen LogP contribution in [0.3, 0.4) is 0 Å². The molecule has 0 N–H and O–H groups in total. The molecule has 10 heteroatoms. The van der Waals surface area contributed by atoms with Gasteiger partial charge in [-0.15, -0.1) is 0 Å². The van der Waals surface area contributed by atoms with E-state index in [9.17, 15) is 39.9 Å². The van der Waals surface area contributed by atoms with Crippen LogP contribution in [0.2, 0.25) is 0 Å². The van der Waals surface area contributed by atoms with Crippen LogP contribution in [0.4, 0.5) is 35.1 Å². The molecular weight excluding hydrogens is 368 g/mol. The van der Waals surface area contributed by atoms with Crippen molar-refractivity contribution in [3.63, 3.8) is 0 Å². The van der Waals surface area contributed by atoms with Crippen molar-refractivity contribution < 1.29 is 39.9 Å². The van der Waals surface area contributed by atoms with Crippen LogP contribution in [-0.4, -0.2) is 35.1 Å². The highest BCUT2D eigenvalue weighted by Gasteiger charge is 2.68. The quantitative estimate of drug-likeness (QED) is 0.458. The Labute approximate surface area is 136 Å². The van der Waals surface area contributed by atoms with Gasteiger partial charge in [-0.3, -0.25) is 4.79 Å². The second kappa shape index (κ2) is 7.71. The summed E-state index contributed by atoms with van der Waals surface area (Å²) in [4.78, 5) is 11.6. The Balaban J connectivity index is 2.55. The minimum Gasteiger partial charge on any atom is -0.282 e. The Morgan fingerprint density at radius 3 is 2.04 bits per heavy atom. The van der Waals surface area contributed by atoms with Crippen LogP contribution in [0.5, 0.6) is 0 Å². The number of carbonyl (C=O) groups is 1. The molecule has 0 aromatic heterocycles. The van der Waals surface area contributed by atoms with Gasteiger partial charge in [-0.05, 0) is 6.42 Å². The lowest BCUT2D eigenvalue weighted by atomic mass is 10.0. The predicted molar refractivity (Wildman–Crippen MR) is 73.3 cm³/mol. The number of thioether (sulfide) groups is 1. The summed E-state index contributed by atoms with van der Waals surface area (Å²) < 4.78 is 101. The first-order chi connectivity index (χ1) is 10.9. The van der Waals surface area contributed by atoms with Crippen molar-refractivity contribution in [2.24, 2.45) is 0 Å². The number of halogens is 8. The third kappa shape index (κ3) is 5.09. The molecule has 0 saturated heterocycles. The molecule has 0 radical (unpaired) electrons. The summed E-state index contributed by atoms with van der Waals surface area (Å²) in [5.41, 5.74) is 0.264. The van der Waals surface area contributed by atoms with Crippen LogP contribution in [0.25, 0.3) is 0 Å². The second-order valence-corrected chi connectivity index (χ2v) is 5.90. The summed E-state index contributed by atoms with van der Waals surface area (Å²) >= 11 is 0.562. The Kier molecular flexibility index (Phi) is 6.66. The molecule has 0 spiro atoms. The fourth-order valence-corrected chi connectivity index (χ4v) is 2.45. The lowest BCUT2D eigenvalue weighted by molar-refractivity contribution is -0.307. The van der Waals surface area contributed by atoms with E-state index in [4.69, 9.17) is 0 Å². The van der Waals surface area contributed by atoms with Crippen LogP contribution in [0.1, 0.15) is 23.2 Å². The lowest BCUT2D eigenvalue weighted by Gasteiger charge is -2.30. The number of hydrogen-bond donors (Lipinski definition) is 0. The van der Waals surface area contributed by atoms with Crippen LogP contribution in [0, 0.1) is 0 Å². The van der Waals surface area contributed by atoms with E-state index in [0.717, 1.165) is 0 Å². The van der Waals surface area contributed by atoms with Gasteiger partial charge in [-0.25, -0.2) is 4.39 Å². The summed E-state index contributed by atoms with van der Waals surface area (Å²) in [5, 5.41) is -0.496. The highest BCUT2D eigenvalue weighted by atomic mass is 32.2. The van der Waals surface area contributed by atoms with Crippen molar-refractivity contribution in [1.82, 2.24) is 0 Å². The van der Waals surface area contributed by atoms with Crippen molar-refractivity contribution in [1.29, 1.82) is 0 Å². The van der Waals surface area contributed by atoms with Gasteiger partial charge < -0.3 is 0 Å². The molecule has 24 heavy (non-hydrogen) atoms. The summed E-state index contributed by atoms with van der Waals surface area (Å²) in [5.74, 6) is -11.4. The third-order valence-electron chi connectivity index (χ3n) is 2.97. The summed E-state index contributed by atoms with van der Waals surface area (Å²) in [6.07, 6.45) is -13.4. The molecule has 0 aliphatic heterocycles. The van der Waals surface area contributed by atoms with Gasteiger partial charge in [0.2, 0.25) is 5.12 Å². The van der Waals surface area contributed by atoms with E-state index >= 15 is 0 Å². The Morgan fingerprint density at radius 2 is 1.54 bits per heavy atom. The minimum absolute atomic E-state index is 0.264. The smallest absolute Gasteiger partial charge is 0.282 e. The predicted octanol–water partition coefficient (Wildman–Crippen LogP) is 5.51. The van der Waals surface area contributed by atoms with Gasteiger partial charge in [0.25, 0.3) is 6.17 Å². The zero-order valence-corrected chi connectivity index (χ0v) is 12.7. The van der Waals surface area contributed by atoms with Crippen LogP contribution < -0.4 is 0 Å². The van der Waals surface area contributed by atoms with E-state index < -0.39 is 42.1 Å². The summed E-state index contributed by atoms with van der Waals surface area (Å²) in [6.45, 7) is 0. The van der Waals surface area contributed by atoms with Crippen LogP contribution >= 0.6 is 11.8 Å². The number of alkyl halides is 8. The molecule has 136 valence electrons. The standard InChI is InChI=1S/C14H12F8OS/c15-11(14(20,21)22)13(18,19)12(16,17)7-4-8-24-10(23)9-5-2-1-3-6-9/h1-3,5-6,11H,4,7-8H2. The van der Waals surface area contributed by atoms with Gasteiger partial charge >= 0.3 is 18.0 Å². The van der Waals surface area contributed by atoms with Crippen LogP contribution in [-0.2, 0) is 0 Å². The zero-order chi connectivity index (χ0) is 18.6. The van der Waals surface area contributed by atoms with E-state index in [0.29, 0.717) is 11.8 Å². The fourth-order valence-electron chi connectivity index (χ4n) is 1.67. The van der Waals surface area contributed by atoms with E-state index in [1.165, 1.54) is 12.1 Å². The number of benzene rings is 1. The average Bonchev–Trinajstić information content (AvgIpc) is 2.50. The maximum absolute atomic E-state index is 13.2. The van der Waals surface area contributed by atoms with Crippen molar-refractivity contribution in [3.8, 4) is 0 Å². The first kappa shape index (κ1) is 20.7. The van der Waals surface area contributed by atoms with Gasteiger partial charge in [0.1, 0.15) is 0 Å². The Bertz CT molecular complexity index is 543. The zero-order valence-electron chi connectivity index (χ0n) is 11.9. The second-order valence-electron chi connectivity index (χ2n) is 4.84. The highest BCUT2D eigenvalue weighted by molar-refractivity contribution is 8.14. The van der Waals surface area contributed by atoms with Gasteiger partial charge in [0, 0.05) is 17.7 Å². The largest absolute Gasteiger partial charge is 0.425 e. The average molecular weight is 380 g/mol. The van der Waals surface area contributed by atoms with Crippen molar-refractivity contribution in [3.05, 3.63) is 35.9 Å². The number of hydrogen-bond acceptors (Lipinski definition) is 2. The van der Waals surface area contributed by atoms with Crippen molar-refractivity contribution in [2.45, 2.75) is 37.0 Å². The minimum atomic E-state index is -6.09. The molecular formula is C14H12F8OS. The molecule has 0 bridgehead atoms. The number of rotatable bonds is 7. The van der Waals surface area contributed by atoms with E-state index in [-0.39, 0.29) is 11.3 Å². The van der Waals surface area contributed by atoms with Gasteiger partial charge in [0.15, 0.2) is 0 Å². The normalized spacial score (nSPS) is 14.5. The van der Waals surface area contributed by atoms with Crippen LogP contribution in [0.15, 0.2) is 30.3 Å². The first-order valence-electron chi connectivity index (χ1n) is 6.58. The van der Waals surface area contributed by atoms with E-state index in [1.807, 2.05) is 0 Å². The lowest BCUT2D eigenvalue weighted by Crippen LogP contribution is -2.53. The van der Waals surface area contributed by atoms with Gasteiger partial charge in [0.05, 0.1) is 0 Å². The first-order valence-corrected chi connectivity index (χ1v) is 7.57. The maximum atomic E-state index is 13.2. The molecule has 1 aromatic rings. The van der Waals surface area contributed by atoms with Gasteiger partial charge in [-0.1, -0.05) is 42.1 Å². The molecule has 1 aromatic carbocycles. The molecule has 0 saturated carbocycles.